The minimum Gasteiger partial charge on any atom is -0.493 e. The first-order valence-electron chi connectivity index (χ1n) is 6.38. The van der Waals surface area contributed by atoms with Gasteiger partial charge >= 0.3 is 0 Å². The fourth-order valence-electron chi connectivity index (χ4n) is 1.76. The lowest BCUT2D eigenvalue weighted by Gasteiger charge is -2.11. The van der Waals surface area contributed by atoms with Crippen LogP contribution in [0.25, 0.3) is 0 Å². The van der Waals surface area contributed by atoms with Crippen LogP contribution in [0, 0.1) is 0 Å². The lowest BCUT2D eigenvalue weighted by molar-refractivity contribution is 0.284. The van der Waals surface area contributed by atoms with Crippen molar-refractivity contribution in [2.24, 2.45) is 5.10 Å². The Hall–Kier alpha value is -2.49. The van der Waals surface area contributed by atoms with Crippen LogP contribution in [0.15, 0.2) is 53.6 Å². The molecule has 0 bridgehead atoms. The normalized spacial score (nSPS) is 10.5. The molecule has 0 unspecified atom stereocenters. The van der Waals surface area contributed by atoms with E-state index < -0.39 is 0 Å². The van der Waals surface area contributed by atoms with Gasteiger partial charge in [-0.15, -0.1) is 0 Å². The van der Waals surface area contributed by atoms with E-state index in [1.807, 2.05) is 48.5 Å². The van der Waals surface area contributed by atoms with Crippen LogP contribution < -0.4 is 14.9 Å². The molecule has 2 aromatic rings. The van der Waals surface area contributed by atoms with E-state index in [1.54, 1.807) is 20.4 Å². The molecule has 20 heavy (non-hydrogen) atoms. The van der Waals surface area contributed by atoms with Gasteiger partial charge in [0.1, 0.15) is 6.61 Å². The largest absolute Gasteiger partial charge is 0.493 e. The Bertz CT molecular complexity index is 568. The molecule has 0 spiro atoms. The highest BCUT2D eigenvalue weighted by Crippen LogP contribution is 2.28. The molecule has 0 amide bonds. The van der Waals surface area contributed by atoms with Gasteiger partial charge in [-0.2, -0.15) is 5.10 Å². The maximum atomic E-state index is 5.79. The zero-order valence-corrected chi connectivity index (χ0v) is 11.7. The van der Waals surface area contributed by atoms with Crippen molar-refractivity contribution in [1.29, 1.82) is 0 Å². The summed E-state index contributed by atoms with van der Waals surface area (Å²) in [5, 5.41) is 3.97. The quantitative estimate of drug-likeness (QED) is 0.648. The summed E-state index contributed by atoms with van der Waals surface area (Å²) in [5.74, 6) is 1.42. The van der Waals surface area contributed by atoms with Crippen molar-refractivity contribution in [2.45, 2.75) is 6.61 Å². The Labute approximate surface area is 119 Å². The number of benzene rings is 2. The lowest BCUT2D eigenvalue weighted by Crippen LogP contribution is -1.99. The number of hydrogen-bond donors (Lipinski definition) is 1. The van der Waals surface area contributed by atoms with Crippen LogP contribution in [0.3, 0.4) is 0 Å². The molecule has 0 radical (unpaired) electrons. The number of hydrazone groups is 1. The van der Waals surface area contributed by atoms with E-state index in [4.69, 9.17) is 9.47 Å². The van der Waals surface area contributed by atoms with Crippen molar-refractivity contribution in [3.8, 4) is 11.5 Å². The van der Waals surface area contributed by atoms with E-state index in [0.29, 0.717) is 12.4 Å². The molecule has 0 saturated carbocycles. The molecule has 0 fully saturated rings. The zero-order valence-electron chi connectivity index (χ0n) is 11.7. The number of rotatable bonds is 6. The number of nitrogens with zero attached hydrogens (tertiary/aromatic N) is 1. The van der Waals surface area contributed by atoms with Crippen LogP contribution in [0.4, 0.5) is 0 Å². The Morgan fingerprint density at radius 2 is 1.90 bits per heavy atom. The summed E-state index contributed by atoms with van der Waals surface area (Å²) in [4.78, 5) is 0. The summed E-state index contributed by atoms with van der Waals surface area (Å²) in [7, 11) is 3.38. The van der Waals surface area contributed by atoms with Crippen molar-refractivity contribution in [3.63, 3.8) is 0 Å². The summed E-state index contributed by atoms with van der Waals surface area (Å²) in [6.45, 7) is 0.515. The summed E-state index contributed by atoms with van der Waals surface area (Å²) in [6.07, 6.45) is 1.73. The molecule has 2 rings (SSSR count). The van der Waals surface area contributed by atoms with E-state index in [-0.39, 0.29) is 0 Å². The standard InChI is InChI=1S/C16H18N2O2/c1-17-18-11-14-8-9-15(16(10-14)19-2)20-12-13-6-4-3-5-7-13/h3-11,17H,12H2,1-2H3/b18-11+. The Morgan fingerprint density at radius 1 is 1.10 bits per heavy atom. The fourth-order valence-corrected chi connectivity index (χ4v) is 1.76. The molecule has 0 aliphatic heterocycles. The third kappa shape index (κ3) is 3.75. The molecule has 0 atom stereocenters. The van der Waals surface area contributed by atoms with Gasteiger partial charge in [0.15, 0.2) is 11.5 Å². The number of methoxy groups -OCH3 is 1. The van der Waals surface area contributed by atoms with Gasteiger partial charge in [0.25, 0.3) is 0 Å². The highest BCUT2D eigenvalue weighted by atomic mass is 16.5. The van der Waals surface area contributed by atoms with Gasteiger partial charge < -0.3 is 14.9 Å². The van der Waals surface area contributed by atoms with Gasteiger partial charge in [0, 0.05) is 7.05 Å². The molecule has 0 aromatic heterocycles. The summed E-state index contributed by atoms with van der Waals surface area (Å²) in [5.41, 5.74) is 4.78. The van der Waals surface area contributed by atoms with Gasteiger partial charge in [-0.25, -0.2) is 0 Å². The van der Waals surface area contributed by atoms with Gasteiger partial charge in [-0.3, -0.25) is 0 Å². The molecule has 1 N–H and O–H groups in total. The molecule has 4 nitrogen and oxygen atoms in total. The van der Waals surface area contributed by atoms with Crippen LogP contribution in [-0.4, -0.2) is 20.4 Å². The zero-order chi connectivity index (χ0) is 14.2. The number of hydrogen-bond acceptors (Lipinski definition) is 4. The van der Waals surface area contributed by atoms with Crippen LogP contribution in [0.2, 0.25) is 0 Å². The lowest BCUT2D eigenvalue weighted by atomic mass is 10.2. The second kappa shape index (κ2) is 7.19. The third-order valence-electron chi connectivity index (χ3n) is 2.77. The van der Waals surface area contributed by atoms with Crippen LogP contribution in [0.1, 0.15) is 11.1 Å². The van der Waals surface area contributed by atoms with Crippen molar-refractivity contribution < 1.29 is 9.47 Å². The van der Waals surface area contributed by atoms with Gasteiger partial charge in [0.2, 0.25) is 0 Å². The molecular formula is C16H18N2O2. The van der Waals surface area contributed by atoms with E-state index in [9.17, 15) is 0 Å². The topological polar surface area (TPSA) is 42.9 Å². The highest BCUT2D eigenvalue weighted by molar-refractivity contribution is 5.80. The summed E-state index contributed by atoms with van der Waals surface area (Å²) >= 11 is 0. The predicted molar refractivity (Wildman–Crippen MR) is 80.4 cm³/mol. The molecule has 4 heteroatoms. The Morgan fingerprint density at radius 3 is 2.60 bits per heavy atom. The first-order valence-corrected chi connectivity index (χ1v) is 6.38. The molecule has 0 saturated heterocycles. The molecule has 0 aliphatic carbocycles. The molecule has 104 valence electrons. The molecular weight excluding hydrogens is 252 g/mol. The average Bonchev–Trinajstić information content (AvgIpc) is 2.52. The first-order chi connectivity index (χ1) is 9.83. The van der Waals surface area contributed by atoms with Crippen molar-refractivity contribution >= 4 is 6.21 Å². The van der Waals surface area contributed by atoms with Crippen molar-refractivity contribution in [1.82, 2.24) is 5.43 Å². The SMILES string of the molecule is CN/N=C/c1ccc(OCc2ccccc2)c(OC)c1. The number of nitrogens with one attached hydrogen (secondary N) is 1. The van der Waals surface area contributed by atoms with Crippen molar-refractivity contribution in [2.75, 3.05) is 14.2 Å². The van der Waals surface area contributed by atoms with Gasteiger partial charge in [-0.05, 0) is 29.3 Å². The summed E-state index contributed by atoms with van der Waals surface area (Å²) < 4.78 is 11.1. The van der Waals surface area contributed by atoms with Crippen LogP contribution in [-0.2, 0) is 6.61 Å². The monoisotopic (exact) mass is 270 g/mol. The predicted octanol–water partition coefficient (Wildman–Crippen LogP) is 2.83. The Balaban J connectivity index is 2.09. The van der Waals surface area contributed by atoms with Crippen LogP contribution in [0.5, 0.6) is 11.5 Å². The minimum absolute atomic E-state index is 0.515. The van der Waals surface area contributed by atoms with Crippen LogP contribution >= 0.6 is 0 Å². The molecule has 0 heterocycles. The third-order valence-corrected chi connectivity index (χ3v) is 2.77. The molecule has 2 aromatic carbocycles. The van der Waals surface area contributed by atoms with E-state index >= 15 is 0 Å². The summed E-state index contributed by atoms with van der Waals surface area (Å²) in [6, 6.07) is 15.7. The Kier molecular flexibility index (Phi) is 5.00. The fraction of sp³-hybridized carbons (Fsp3) is 0.188. The highest BCUT2D eigenvalue weighted by Gasteiger charge is 2.05. The minimum atomic E-state index is 0.515. The smallest absolute Gasteiger partial charge is 0.161 e. The van der Waals surface area contributed by atoms with Gasteiger partial charge in [0.05, 0.1) is 13.3 Å². The second-order valence-electron chi connectivity index (χ2n) is 4.17. The maximum Gasteiger partial charge on any atom is 0.161 e. The van der Waals surface area contributed by atoms with E-state index in [2.05, 4.69) is 10.5 Å². The van der Waals surface area contributed by atoms with E-state index in [1.165, 1.54) is 0 Å². The number of ether oxygens (including phenoxy) is 2. The second-order valence-corrected chi connectivity index (χ2v) is 4.17. The maximum absolute atomic E-state index is 5.79. The van der Waals surface area contributed by atoms with E-state index in [0.717, 1.165) is 16.9 Å². The average molecular weight is 270 g/mol. The first kappa shape index (κ1) is 13.9. The van der Waals surface area contributed by atoms with Crippen molar-refractivity contribution in [3.05, 3.63) is 59.7 Å². The van der Waals surface area contributed by atoms with Gasteiger partial charge in [-0.1, -0.05) is 30.3 Å². The molecule has 0 aliphatic rings.